The molecule has 0 aromatic carbocycles. The fourth-order valence-corrected chi connectivity index (χ4v) is 1.96. The molecule has 92 valence electrons. The van der Waals surface area contributed by atoms with Crippen LogP contribution in [0, 0.1) is 0 Å². The summed E-state index contributed by atoms with van der Waals surface area (Å²) in [5.74, 6) is -0.938. The molecule has 0 saturated heterocycles. The van der Waals surface area contributed by atoms with Crippen LogP contribution in [0.1, 0.15) is 33.5 Å². The van der Waals surface area contributed by atoms with Gasteiger partial charge in [0.05, 0.1) is 12.6 Å². The van der Waals surface area contributed by atoms with Crippen molar-refractivity contribution < 1.29 is 14.7 Å². The molecule has 7 nitrogen and oxygen atoms in total. The smallest absolute Gasteiger partial charge is 0.269 e. The second-order valence-electron chi connectivity index (χ2n) is 4.08. The Morgan fingerprint density at radius 1 is 1.71 bits per heavy atom. The Bertz CT molecular complexity index is 478. The molecule has 1 aromatic rings. The van der Waals surface area contributed by atoms with Crippen LogP contribution in [0.2, 0.25) is 0 Å². The summed E-state index contributed by atoms with van der Waals surface area (Å²) < 4.78 is 1.34. The molecule has 7 heteroatoms. The molecule has 0 bridgehead atoms. The Labute approximate surface area is 97.6 Å². The predicted octanol–water partition coefficient (Wildman–Crippen LogP) is -1.35. The third-order valence-electron chi connectivity index (χ3n) is 2.60. The first-order valence-electron chi connectivity index (χ1n) is 5.36. The Morgan fingerprint density at radius 2 is 2.41 bits per heavy atom. The number of nitrogens with zero attached hydrogens (tertiary/aromatic N) is 2. The Hall–Kier alpha value is -1.89. The van der Waals surface area contributed by atoms with Crippen LogP contribution in [0.15, 0.2) is 0 Å². The summed E-state index contributed by atoms with van der Waals surface area (Å²) in [6.07, 6.45) is -0.131. The van der Waals surface area contributed by atoms with Crippen LogP contribution in [0.3, 0.4) is 0 Å². The van der Waals surface area contributed by atoms with E-state index < -0.39 is 12.0 Å². The molecule has 1 aliphatic rings. The first-order chi connectivity index (χ1) is 8.00. The van der Waals surface area contributed by atoms with Crippen molar-refractivity contribution in [3.05, 3.63) is 17.0 Å². The van der Waals surface area contributed by atoms with Crippen LogP contribution in [-0.2, 0) is 13.0 Å². The number of nitrogens with one attached hydrogen (secondary N) is 1. The van der Waals surface area contributed by atoms with Crippen molar-refractivity contribution in [2.24, 2.45) is 5.73 Å². The highest BCUT2D eigenvalue weighted by molar-refractivity contribution is 6.00. The zero-order valence-electron chi connectivity index (χ0n) is 9.43. The molecule has 1 aliphatic heterocycles. The summed E-state index contributed by atoms with van der Waals surface area (Å²) in [6.45, 7) is 2.20. The first-order valence-corrected chi connectivity index (χ1v) is 5.36. The predicted molar refractivity (Wildman–Crippen MR) is 58.5 cm³/mol. The van der Waals surface area contributed by atoms with E-state index in [9.17, 15) is 14.7 Å². The highest BCUT2D eigenvalue weighted by atomic mass is 16.3. The first kappa shape index (κ1) is 11.6. The molecule has 17 heavy (non-hydrogen) atoms. The molecule has 1 aromatic heterocycles. The minimum Gasteiger partial charge on any atom is -0.391 e. The number of amides is 2. The van der Waals surface area contributed by atoms with Gasteiger partial charge in [-0.25, -0.2) is 0 Å². The number of carbonyl (C=O) groups excluding carboxylic acids is 2. The van der Waals surface area contributed by atoms with Crippen molar-refractivity contribution in [3.8, 4) is 0 Å². The van der Waals surface area contributed by atoms with Crippen LogP contribution in [-0.4, -0.2) is 39.4 Å². The third kappa shape index (κ3) is 2.01. The molecule has 4 N–H and O–H groups in total. The van der Waals surface area contributed by atoms with Crippen molar-refractivity contribution in [3.63, 3.8) is 0 Å². The molecule has 2 rings (SSSR count). The van der Waals surface area contributed by atoms with Crippen LogP contribution < -0.4 is 11.1 Å². The number of fused-ring (bicyclic) bond motifs is 1. The molecule has 2 heterocycles. The van der Waals surface area contributed by atoms with Crippen LogP contribution in [0.4, 0.5) is 0 Å². The zero-order chi connectivity index (χ0) is 12.6. The van der Waals surface area contributed by atoms with Crippen molar-refractivity contribution >= 4 is 11.8 Å². The van der Waals surface area contributed by atoms with Gasteiger partial charge < -0.3 is 16.2 Å². The Morgan fingerprint density at radius 3 is 3.00 bits per heavy atom. The molecule has 0 aliphatic carbocycles. The molecule has 0 radical (unpaired) electrons. The standard InChI is InChI=1S/C10H14N4O3/c1-5(15)4-14-8-6(2-3-12-10(8)17)7(13-14)9(11)16/h5,15H,2-4H2,1H3,(H2,11,16)(H,12,17). The highest BCUT2D eigenvalue weighted by Gasteiger charge is 2.28. The number of aromatic nitrogens is 2. The van der Waals surface area contributed by atoms with E-state index in [2.05, 4.69) is 10.4 Å². The second-order valence-corrected chi connectivity index (χ2v) is 4.08. The fraction of sp³-hybridized carbons (Fsp3) is 0.500. The number of rotatable bonds is 3. The quantitative estimate of drug-likeness (QED) is 0.604. The summed E-state index contributed by atoms with van der Waals surface area (Å²) in [7, 11) is 0. The largest absolute Gasteiger partial charge is 0.391 e. The van der Waals surface area contributed by atoms with Gasteiger partial charge in [-0.1, -0.05) is 0 Å². The summed E-state index contributed by atoms with van der Waals surface area (Å²) in [5.41, 5.74) is 6.24. The lowest BCUT2D eigenvalue weighted by atomic mass is 10.0. The van der Waals surface area contributed by atoms with E-state index in [-0.39, 0.29) is 18.1 Å². The molecular formula is C10H14N4O3. The van der Waals surface area contributed by atoms with Gasteiger partial charge in [0.15, 0.2) is 5.69 Å². The normalized spacial score (nSPS) is 16.2. The van der Waals surface area contributed by atoms with E-state index in [0.717, 1.165) is 0 Å². The van der Waals surface area contributed by atoms with Gasteiger partial charge >= 0.3 is 0 Å². The van der Waals surface area contributed by atoms with Gasteiger partial charge in [0.1, 0.15) is 5.69 Å². The monoisotopic (exact) mass is 238 g/mol. The number of primary amides is 1. The van der Waals surface area contributed by atoms with E-state index in [4.69, 9.17) is 5.73 Å². The fourth-order valence-electron chi connectivity index (χ4n) is 1.96. The van der Waals surface area contributed by atoms with E-state index in [1.807, 2.05) is 0 Å². The van der Waals surface area contributed by atoms with Gasteiger partial charge in [-0.3, -0.25) is 14.3 Å². The average Bonchev–Trinajstić information content (AvgIpc) is 2.57. The number of hydrogen-bond acceptors (Lipinski definition) is 4. The van der Waals surface area contributed by atoms with Crippen molar-refractivity contribution in [1.29, 1.82) is 0 Å². The van der Waals surface area contributed by atoms with Gasteiger partial charge in [-0.15, -0.1) is 0 Å². The SMILES string of the molecule is CC(O)Cn1nc(C(N)=O)c2c1C(=O)NCC2. The molecular weight excluding hydrogens is 224 g/mol. The topological polar surface area (TPSA) is 110 Å². The van der Waals surface area contributed by atoms with E-state index >= 15 is 0 Å². The molecule has 0 saturated carbocycles. The molecule has 1 atom stereocenters. The van der Waals surface area contributed by atoms with Gasteiger partial charge in [0.2, 0.25) is 0 Å². The molecule has 2 amide bonds. The van der Waals surface area contributed by atoms with E-state index in [1.54, 1.807) is 6.92 Å². The van der Waals surface area contributed by atoms with E-state index in [1.165, 1.54) is 4.68 Å². The summed E-state index contributed by atoms with van der Waals surface area (Å²) in [4.78, 5) is 22.9. The lowest BCUT2D eigenvalue weighted by molar-refractivity contribution is 0.0928. The second kappa shape index (κ2) is 4.17. The minimum atomic E-state index is -0.658. The molecule has 1 unspecified atom stereocenters. The van der Waals surface area contributed by atoms with Crippen LogP contribution >= 0.6 is 0 Å². The van der Waals surface area contributed by atoms with E-state index in [0.29, 0.717) is 24.2 Å². The molecule has 0 spiro atoms. The Kier molecular flexibility index (Phi) is 2.84. The van der Waals surface area contributed by atoms with Crippen molar-refractivity contribution in [1.82, 2.24) is 15.1 Å². The maximum absolute atomic E-state index is 11.7. The van der Waals surface area contributed by atoms with Gasteiger partial charge in [0, 0.05) is 12.1 Å². The van der Waals surface area contributed by atoms with Crippen molar-refractivity contribution in [2.45, 2.75) is 26.0 Å². The number of aliphatic hydroxyl groups excluding tert-OH is 1. The lowest BCUT2D eigenvalue weighted by Crippen LogP contribution is -2.34. The number of hydrogen-bond donors (Lipinski definition) is 3. The molecule has 0 fully saturated rings. The summed E-state index contributed by atoms with van der Waals surface area (Å²) in [6, 6.07) is 0. The van der Waals surface area contributed by atoms with Crippen molar-refractivity contribution in [2.75, 3.05) is 6.54 Å². The van der Waals surface area contributed by atoms with Crippen LogP contribution in [0.25, 0.3) is 0 Å². The number of nitrogens with two attached hydrogens (primary N) is 1. The zero-order valence-corrected chi connectivity index (χ0v) is 9.43. The lowest BCUT2D eigenvalue weighted by Gasteiger charge is -2.15. The van der Waals surface area contributed by atoms with Crippen LogP contribution in [0.5, 0.6) is 0 Å². The Balaban J connectivity index is 2.53. The maximum Gasteiger partial charge on any atom is 0.269 e. The number of carbonyl (C=O) groups is 2. The third-order valence-corrected chi connectivity index (χ3v) is 2.60. The van der Waals surface area contributed by atoms with Gasteiger partial charge in [-0.2, -0.15) is 5.10 Å². The average molecular weight is 238 g/mol. The minimum absolute atomic E-state index is 0.121. The highest BCUT2D eigenvalue weighted by Crippen LogP contribution is 2.18. The van der Waals surface area contributed by atoms with Gasteiger partial charge in [0.25, 0.3) is 11.8 Å². The summed E-state index contributed by atoms with van der Waals surface area (Å²) in [5, 5.41) is 16.0. The van der Waals surface area contributed by atoms with Gasteiger partial charge in [-0.05, 0) is 13.3 Å². The number of aliphatic hydroxyl groups is 1. The summed E-state index contributed by atoms with van der Waals surface area (Å²) >= 11 is 0. The maximum atomic E-state index is 11.7.